The summed E-state index contributed by atoms with van der Waals surface area (Å²) in [6, 6.07) is 0.463. The second-order valence-electron chi connectivity index (χ2n) is 2.71. The van der Waals surface area contributed by atoms with Gasteiger partial charge in [0.25, 0.3) is 0 Å². The largest absolute Gasteiger partial charge is 0.574 e. The van der Waals surface area contributed by atoms with Crippen molar-refractivity contribution in [3.63, 3.8) is 0 Å². The first-order valence-electron chi connectivity index (χ1n) is 3.98. The van der Waals surface area contributed by atoms with Crippen molar-refractivity contribution in [1.82, 2.24) is 4.98 Å². The van der Waals surface area contributed by atoms with Gasteiger partial charge in [-0.25, -0.2) is 9.37 Å². The highest BCUT2D eigenvalue weighted by Crippen LogP contribution is 2.25. The molecule has 0 radical (unpaired) electrons. The van der Waals surface area contributed by atoms with Crippen molar-refractivity contribution in [3.05, 3.63) is 23.1 Å². The van der Waals surface area contributed by atoms with Crippen molar-refractivity contribution in [3.8, 4) is 5.88 Å². The van der Waals surface area contributed by atoms with Crippen LogP contribution in [0.25, 0.3) is 0 Å². The number of aliphatic hydroxyl groups excluding tert-OH is 1. The average Bonchev–Trinajstić information content (AvgIpc) is 2.14. The topological polar surface area (TPSA) is 42.4 Å². The lowest BCUT2D eigenvalue weighted by Gasteiger charge is -2.11. The van der Waals surface area contributed by atoms with E-state index in [-0.39, 0.29) is 17.1 Å². The minimum atomic E-state index is -4.96. The lowest BCUT2D eigenvalue weighted by atomic mass is 10.2. The maximum Gasteiger partial charge on any atom is 0.574 e. The maximum atomic E-state index is 13.2. The molecule has 0 aliphatic heterocycles. The van der Waals surface area contributed by atoms with Crippen LogP contribution in [0.1, 0.15) is 11.3 Å². The van der Waals surface area contributed by atoms with Gasteiger partial charge in [0.05, 0.1) is 18.2 Å². The summed E-state index contributed by atoms with van der Waals surface area (Å²) in [6.07, 6.45) is -4.96. The van der Waals surface area contributed by atoms with Gasteiger partial charge in [0, 0.05) is 11.6 Å². The van der Waals surface area contributed by atoms with E-state index in [1.807, 2.05) is 0 Å². The van der Waals surface area contributed by atoms with Gasteiger partial charge in [-0.1, -0.05) is 0 Å². The summed E-state index contributed by atoms with van der Waals surface area (Å²) in [5, 5.41) is 8.77. The van der Waals surface area contributed by atoms with Crippen LogP contribution in [0.2, 0.25) is 0 Å². The predicted octanol–water partition coefficient (Wildman–Crippen LogP) is 2.35. The molecule has 0 aromatic carbocycles. The van der Waals surface area contributed by atoms with E-state index in [1.165, 1.54) is 0 Å². The van der Waals surface area contributed by atoms with Crippen molar-refractivity contribution >= 4 is 11.6 Å². The number of aromatic nitrogens is 1. The molecule has 0 fully saturated rings. The van der Waals surface area contributed by atoms with Crippen molar-refractivity contribution < 1.29 is 27.4 Å². The molecule has 1 rings (SSSR count). The number of halogens is 5. The fraction of sp³-hybridized carbons (Fsp3) is 0.375. The van der Waals surface area contributed by atoms with Gasteiger partial charge < -0.3 is 9.84 Å². The second kappa shape index (κ2) is 4.84. The summed E-state index contributed by atoms with van der Waals surface area (Å²) in [5.41, 5.74) is -0.437. The zero-order valence-corrected chi connectivity index (χ0v) is 8.44. The maximum absolute atomic E-state index is 13.2. The molecule has 0 atom stereocenters. The van der Waals surface area contributed by atoms with Gasteiger partial charge >= 0.3 is 6.36 Å². The van der Waals surface area contributed by atoms with E-state index >= 15 is 0 Å². The van der Waals surface area contributed by atoms with Crippen LogP contribution in [0, 0.1) is 5.82 Å². The molecular formula is C8H6ClF4NO2. The molecule has 1 heterocycles. The Kier molecular flexibility index (Phi) is 3.93. The van der Waals surface area contributed by atoms with Crippen molar-refractivity contribution in [1.29, 1.82) is 0 Å². The zero-order valence-electron chi connectivity index (χ0n) is 7.68. The Morgan fingerprint density at radius 1 is 1.44 bits per heavy atom. The van der Waals surface area contributed by atoms with Crippen LogP contribution in [0.3, 0.4) is 0 Å². The van der Waals surface area contributed by atoms with Gasteiger partial charge in [0.1, 0.15) is 5.82 Å². The highest BCUT2D eigenvalue weighted by atomic mass is 35.5. The fourth-order valence-corrected chi connectivity index (χ4v) is 1.29. The van der Waals surface area contributed by atoms with E-state index in [9.17, 15) is 17.6 Å². The Hall–Kier alpha value is -1.08. The molecule has 1 N–H and O–H groups in total. The molecule has 0 bridgehead atoms. The third kappa shape index (κ3) is 3.21. The van der Waals surface area contributed by atoms with Crippen LogP contribution in [0.15, 0.2) is 6.07 Å². The monoisotopic (exact) mass is 259 g/mol. The summed E-state index contributed by atoms with van der Waals surface area (Å²) in [5.74, 6) is -2.28. The molecule has 0 saturated heterocycles. The van der Waals surface area contributed by atoms with Gasteiger partial charge in [-0.3, -0.25) is 0 Å². The normalized spacial score (nSPS) is 11.6. The Bertz CT molecular complexity index is 383. The molecule has 8 heteroatoms. The average molecular weight is 260 g/mol. The molecule has 1 aromatic heterocycles. The van der Waals surface area contributed by atoms with E-state index in [4.69, 9.17) is 16.7 Å². The Balaban J connectivity index is 3.10. The van der Waals surface area contributed by atoms with Crippen LogP contribution in [0.4, 0.5) is 17.6 Å². The molecule has 90 valence electrons. The first-order valence-corrected chi connectivity index (χ1v) is 4.51. The third-order valence-corrected chi connectivity index (χ3v) is 1.90. The van der Waals surface area contributed by atoms with E-state index < -0.39 is 24.7 Å². The van der Waals surface area contributed by atoms with Crippen LogP contribution in [-0.2, 0) is 12.5 Å². The lowest BCUT2D eigenvalue weighted by molar-refractivity contribution is -0.276. The number of alkyl halides is 4. The first-order chi connectivity index (χ1) is 7.37. The summed E-state index contributed by atoms with van der Waals surface area (Å²) in [7, 11) is 0. The SMILES string of the molecule is OCc1nc(OC(F)(F)F)cc(F)c1CCl. The molecule has 0 unspecified atom stereocenters. The van der Waals surface area contributed by atoms with Gasteiger partial charge in [0.15, 0.2) is 0 Å². The van der Waals surface area contributed by atoms with E-state index in [0.29, 0.717) is 6.07 Å². The standard InChI is InChI=1S/C8H6ClF4NO2/c9-2-4-5(10)1-7(14-6(4)3-15)16-8(11,12)13/h1,15H,2-3H2. The van der Waals surface area contributed by atoms with Crippen molar-refractivity contribution in [2.24, 2.45) is 0 Å². The third-order valence-electron chi connectivity index (χ3n) is 1.64. The Labute approximate surface area is 92.6 Å². The minimum Gasteiger partial charge on any atom is -0.390 e. The number of nitrogens with zero attached hydrogens (tertiary/aromatic N) is 1. The number of aliphatic hydroxyl groups is 1. The highest BCUT2D eigenvalue weighted by molar-refractivity contribution is 6.17. The van der Waals surface area contributed by atoms with Gasteiger partial charge in [-0.15, -0.1) is 24.8 Å². The summed E-state index contributed by atoms with van der Waals surface area (Å²) < 4.78 is 52.1. The van der Waals surface area contributed by atoms with E-state index in [1.54, 1.807) is 0 Å². The fourth-order valence-electron chi connectivity index (χ4n) is 1.01. The van der Waals surface area contributed by atoms with Gasteiger partial charge in [0.2, 0.25) is 5.88 Å². The first kappa shape index (κ1) is 13.0. The van der Waals surface area contributed by atoms with Crippen LogP contribution in [-0.4, -0.2) is 16.5 Å². The Morgan fingerprint density at radius 3 is 2.50 bits per heavy atom. The highest BCUT2D eigenvalue weighted by Gasteiger charge is 2.32. The number of hydrogen-bond donors (Lipinski definition) is 1. The molecule has 0 saturated carbocycles. The molecule has 1 aromatic rings. The van der Waals surface area contributed by atoms with Crippen LogP contribution >= 0.6 is 11.6 Å². The lowest BCUT2D eigenvalue weighted by Crippen LogP contribution is -2.19. The van der Waals surface area contributed by atoms with Crippen LogP contribution in [0.5, 0.6) is 5.88 Å². The molecular weight excluding hydrogens is 254 g/mol. The van der Waals surface area contributed by atoms with Gasteiger partial charge in [-0.2, -0.15) is 0 Å². The number of pyridine rings is 1. The summed E-state index contributed by atoms with van der Waals surface area (Å²) in [4.78, 5) is 3.29. The second-order valence-corrected chi connectivity index (χ2v) is 2.97. The summed E-state index contributed by atoms with van der Waals surface area (Å²) >= 11 is 5.35. The molecule has 0 spiro atoms. The summed E-state index contributed by atoms with van der Waals surface area (Å²) in [6.45, 7) is -0.728. The zero-order chi connectivity index (χ0) is 12.3. The molecule has 16 heavy (non-hydrogen) atoms. The van der Waals surface area contributed by atoms with Crippen molar-refractivity contribution in [2.45, 2.75) is 18.8 Å². The Morgan fingerprint density at radius 2 is 2.06 bits per heavy atom. The molecule has 0 aliphatic carbocycles. The number of rotatable bonds is 3. The quantitative estimate of drug-likeness (QED) is 0.669. The van der Waals surface area contributed by atoms with E-state index in [0.717, 1.165) is 0 Å². The van der Waals surface area contributed by atoms with Crippen LogP contribution < -0.4 is 4.74 Å². The van der Waals surface area contributed by atoms with E-state index in [2.05, 4.69) is 9.72 Å². The number of hydrogen-bond acceptors (Lipinski definition) is 3. The molecule has 0 amide bonds. The molecule has 0 aliphatic rings. The predicted molar refractivity (Wildman–Crippen MR) is 46.4 cm³/mol. The minimum absolute atomic E-state index is 0.154. The number of ether oxygens (including phenoxy) is 1. The smallest absolute Gasteiger partial charge is 0.390 e. The van der Waals surface area contributed by atoms with Gasteiger partial charge in [-0.05, 0) is 0 Å². The van der Waals surface area contributed by atoms with Crippen molar-refractivity contribution in [2.75, 3.05) is 0 Å². The molecule has 3 nitrogen and oxygen atoms in total.